The molecule has 2 amide bonds. The Labute approximate surface area is 153 Å². The van der Waals surface area contributed by atoms with Crippen molar-refractivity contribution in [1.29, 1.82) is 0 Å². The highest BCUT2D eigenvalue weighted by molar-refractivity contribution is 6.14. The Bertz CT molecular complexity index is 830. The van der Waals surface area contributed by atoms with Crippen LogP contribution in [-0.4, -0.2) is 36.4 Å². The molecular weight excluding hydrogens is 328 g/mol. The Hall–Kier alpha value is -3.02. The van der Waals surface area contributed by atoms with Crippen LogP contribution in [0.3, 0.4) is 0 Å². The molecule has 1 heterocycles. The van der Waals surface area contributed by atoms with E-state index in [1.165, 1.54) is 5.01 Å². The molecule has 6 heteroatoms. The Morgan fingerprint density at radius 1 is 1.31 bits per heavy atom. The molecular formula is C20H24N4O2. The largest absolute Gasteiger partial charge is 0.497 e. The number of benzene rings is 2. The third-order valence-corrected chi connectivity index (χ3v) is 4.43. The smallest absolute Gasteiger partial charge is 0.338 e. The van der Waals surface area contributed by atoms with Crippen LogP contribution in [0.1, 0.15) is 30.5 Å². The van der Waals surface area contributed by atoms with Gasteiger partial charge in [0.2, 0.25) is 0 Å². The van der Waals surface area contributed by atoms with Gasteiger partial charge in [0.25, 0.3) is 0 Å². The van der Waals surface area contributed by atoms with Crippen LogP contribution in [0, 0.1) is 0 Å². The van der Waals surface area contributed by atoms with E-state index in [0.29, 0.717) is 18.7 Å². The number of rotatable bonds is 3. The molecule has 2 aromatic carbocycles. The summed E-state index contributed by atoms with van der Waals surface area (Å²) < 4.78 is 5.40. The van der Waals surface area contributed by atoms with Gasteiger partial charge in [-0.25, -0.2) is 9.80 Å². The second kappa shape index (κ2) is 7.47. The van der Waals surface area contributed by atoms with E-state index < -0.39 is 0 Å². The number of hydrogen-bond acceptors (Lipinski definition) is 4. The van der Waals surface area contributed by atoms with E-state index in [4.69, 9.17) is 15.6 Å². The average Bonchev–Trinajstić information content (AvgIpc) is 2.78. The number of fused-ring (bicyclic) bond motifs is 1. The molecule has 1 aliphatic rings. The van der Waals surface area contributed by atoms with Gasteiger partial charge in [-0.15, -0.1) is 0 Å². The summed E-state index contributed by atoms with van der Waals surface area (Å²) in [6.45, 7) is 4.44. The maximum atomic E-state index is 12.5. The summed E-state index contributed by atoms with van der Waals surface area (Å²) in [5, 5.41) is 9.10. The van der Waals surface area contributed by atoms with E-state index in [2.05, 4.69) is 5.32 Å². The molecule has 6 nitrogen and oxygen atoms in total. The first-order valence-corrected chi connectivity index (χ1v) is 8.72. The van der Waals surface area contributed by atoms with Gasteiger partial charge in [0.1, 0.15) is 5.75 Å². The lowest BCUT2D eigenvalue weighted by Crippen LogP contribution is -2.42. The van der Waals surface area contributed by atoms with Crippen molar-refractivity contribution in [3.05, 3.63) is 59.2 Å². The topological polar surface area (TPSA) is 80.0 Å². The third-order valence-electron chi connectivity index (χ3n) is 4.43. The number of nitrogens with two attached hydrogens (primary N) is 1. The second-order valence-corrected chi connectivity index (χ2v) is 6.33. The molecule has 0 aromatic heterocycles. The maximum Gasteiger partial charge on any atom is 0.338 e. The molecule has 0 spiro atoms. The number of methoxy groups -OCH3 is 1. The normalized spacial score (nSPS) is 16.3. The fourth-order valence-corrected chi connectivity index (χ4v) is 3.08. The first-order chi connectivity index (χ1) is 12.5. The Morgan fingerprint density at radius 3 is 2.69 bits per heavy atom. The number of hydrazone groups is 1. The van der Waals surface area contributed by atoms with Crippen LogP contribution in [0.5, 0.6) is 5.75 Å². The van der Waals surface area contributed by atoms with Gasteiger partial charge in [-0.1, -0.05) is 18.2 Å². The van der Waals surface area contributed by atoms with Gasteiger partial charge >= 0.3 is 6.03 Å². The van der Waals surface area contributed by atoms with Gasteiger partial charge in [0.05, 0.1) is 18.9 Å². The maximum absolute atomic E-state index is 12.5. The molecule has 0 bridgehead atoms. The van der Waals surface area contributed by atoms with Crippen molar-refractivity contribution in [2.75, 3.05) is 19.4 Å². The molecule has 0 saturated carbocycles. The lowest BCUT2D eigenvalue weighted by atomic mass is 9.94. The fraction of sp³-hybridized carbons (Fsp3) is 0.300. The summed E-state index contributed by atoms with van der Waals surface area (Å²) in [7, 11) is 1.64. The Kier molecular flexibility index (Phi) is 5.11. The SMILES string of the molecule is CCNC(=O)N1N=C(c2ccc(N)cc2)c2cc(OC)ccc2CC1C. The molecule has 3 N–H and O–H groups in total. The third kappa shape index (κ3) is 3.49. The van der Waals surface area contributed by atoms with E-state index in [1.807, 2.05) is 56.3 Å². The molecule has 1 unspecified atom stereocenters. The first-order valence-electron chi connectivity index (χ1n) is 8.72. The van der Waals surface area contributed by atoms with Gasteiger partial charge in [0, 0.05) is 23.4 Å². The average molecular weight is 352 g/mol. The quantitative estimate of drug-likeness (QED) is 0.834. The van der Waals surface area contributed by atoms with Gasteiger partial charge in [-0.05, 0) is 50.1 Å². The van der Waals surface area contributed by atoms with Crippen molar-refractivity contribution in [2.45, 2.75) is 26.3 Å². The summed E-state index contributed by atoms with van der Waals surface area (Å²) in [6.07, 6.45) is 0.707. The molecule has 0 saturated heterocycles. The molecule has 0 radical (unpaired) electrons. The molecule has 26 heavy (non-hydrogen) atoms. The minimum atomic E-state index is -0.201. The van der Waals surface area contributed by atoms with Crippen LogP contribution in [0.25, 0.3) is 0 Å². The molecule has 2 aromatic rings. The molecule has 136 valence electrons. The molecule has 1 aliphatic heterocycles. The van der Waals surface area contributed by atoms with E-state index in [-0.39, 0.29) is 12.1 Å². The van der Waals surface area contributed by atoms with Crippen molar-refractivity contribution in [3.8, 4) is 5.75 Å². The number of anilines is 1. The molecule has 3 rings (SSSR count). The van der Waals surface area contributed by atoms with Crippen LogP contribution in [0.4, 0.5) is 10.5 Å². The minimum absolute atomic E-state index is 0.0695. The highest BCUT2D eigenvalue weighted by Gasteiger charge is 2.27. The number of carbonyl (C=O) groups excluding carboxylic acids is 1. The zero-order valence-corrected chi connectivity index (χ0v) is 15.3. The minimum Gasteiger partial charge on any atom is -0.497 e. The predicted molar refractivity (Wildman–Crippen MR) is 104 cm³/mol. The molecule has 0 aliphatic carbocycles. The Morgan fingerprint density at radius 2 is 2.04 bits per heavy atom. The summed E-state index contributed by atoms with van der Waals surface area (Å²) in [5.41, 5.74) is 10.2. The first kappa shape index (κ1) is 17.8. The number of hydrogen-bond donors (Lipinski definition) is 2. The van der Waals surface area contributed by atoms with Crippen molar-refractivity contribution >= 4 is 17.4 Å². The number of carbonyl (C=O) groups is 1. The van der Waals surface area contributed by atoms with E-state index in [9.17, 15) is 4.79 Å². The van der Waals surface area contributed by atoms with Crippen molar-refractivity contribution < 1.29 is 9.53 Å². The lowest BCUT2D eigenvalue weighted by Gasteiger charge is -2.23. The van der Waals surface area contributed by atoms with E-state index in [1.54, 1.807) is 7.11 Å². The van der Waals surface area contributed by atoms with Crippen molar-refractivity contribution in [3.63, 3.8) is 0 Å². The van der Waals surface area contributed by atoms with E-state index >= 15 is 0 Å². The highest BCUT2D eigenvalue weighted by Crippen LogP contribution is 2.27. The standard InChI is InChI=1S/C20H24N4O2/c1-4-22-20(25)24-13(2)11-15-7-10-17(26-3)12-18(15)19(23-24)14-5-8-16(21)9-6-14/h5-10,12-13H,4,11,21H2,1-3H3,(H,22,25). The number of urea groups is 1. The summed E-state index contributed by atoms with van der Waals surface area (Å²) >= 11 is 0. The monoisotopic (exact) mass is 352 g/mol. The molecule has 0 fully saturated rings. The Balaban J connectivity index is 2.17. The van der Waals surface area contributed by atoms with Crippen LogP contribution in [-0.2, 0) is 6.42 Å². The number of nitrogens with zero attached hydrogens (tertiary/aromatic N) is 2. The van der Waals surface area contributed by atoms with Gasteiger partial charge < -0.3 is 15.8 Å². The van der Waals surface area contributed by atoms with Gasteiger partial charge in [0.15, 0.2) is 0 Å². The summed E-state index contributed by atoms with van der Waals surface area (Å²) in [4.78, 5) is 12.5. The fourth-order valence-electron chi connectivity index (χ4n) is 3.08. The summed E-state index contributed by atoms with van der Waals surface area (Å²) in [6, 6.07) is 13.2. The second-order valence-electron chi connectivity index (χ2n) is 6.33. The van der Waals surface area contributed by atoms with Gasteiger partial charge in [-0.3, -0.25) is 0 Å². The van der Waals surface area contributed by atoms with Gasteiger partial charge in [-0.2, -0.15) is 5.10 Å². The predicted octanol–water partition coefficient (Wildman–Crippen LogP) is 3.01. The van der Waals surface area contributed by atoms with Crippen LogP contribution in [0.2, 0.25) is 0 Å². The number of nitrogens with one attached hydrogen (secondary N) is 1. The zero-order chi connectivity index (χ0) is 18.7. The van der Waals surface area contributed by atoms with E-state index in [0.717, 1.165) is 28.2 Å². The zero-order valence-electron chi connectivity index (χ0n) is 15.3. The number of ether oxygens (including phenoxy) is 1. The van der Waals surface area contributed by atoms with Crippen LogP contribution >= 0.6 is 0 Å². The number of nitrogen functional groups attached to an aromatic ring is 1. The van der Waals surface area contributed by atoms with Crippen LogP contribution in [0.15, 0.2) is 47.6 Å². The summed E-state index contributed by atoms with van der Waals surface area (Å²) in [5.74, 6) is 0.756. The van der Waals surface area contributed by atoms with Crippen molar-refractivity contribution in [1.82, 2.24) is 10.3 Å². The van der Waals surface area contributed by atoms with Crippen LogP contribution < -0.4 is 15.8 Å². The van der Waals surface area contributed by atoms with Crippen molar-refractivity contribution in [2.24, 2.45) is 5.10 Å². The number of amides is 2. The molecule has 1 atom stereocenters. The lowest BCUT2D eigenvalue weighted by molar-refractivity contribution is 0.183. The highest BCUT2D eigenvalue weighted by atomic mass is 16.5.